The highest BCUT2D eigenvalue weighted by atomic mass is 32.2. The third-order valence-corrected chi connectivity index (χ3v) is 6.49. The van der Waals surface area contributed by atoms with Gasteiger partial charge in [0.15, 0.2) is 5.17 Å². The molecule has 0 unspecified atom stereocenters. The number of carbonyl (C=O) groups is 1. The molecule has 0 N–H and O–H groups in total. The van der Waals surface area contributed by atoms with Crippen molar-refractivity contribution in [3.63, 3.8) is 0 Å². The van der Waals surface area contributed by atoms with Crippen molar-refractivity contribution in [1.29, 1.82) is 0 Å². The van der Waals surface area contributed by atoms with Crippen LogP contribution in [0, 0.1) is 6.92 Å². The zero-order chi connectivity index (χ0) is 22.1. The van der Waals surface area contributed by atoms with Crippen LogP contribution in [0.2, 0.25) is 0 Å². The summed E-state index contributed by atoms with van der Waals surface area (Å²) < 4.78 is 2.19. The fraction of sp³-hybridized carbons (Fsp3) is 0.115. The molecule has 0 spiro atoms. The van der Waals surface area contributed by atoms with Crippen LogP contribution >= 0.6 is 11.8 Å². The molecule has 1 aromatic heterocycles. The van der Waals surface area contributed by atoms with Crippen molar-refractivity contribution < 1.29 is 4.79 Å². The lowest BCUT2D eigenvalue weighted by Gasteiger charge is -2.14. The van der Waals surface area contributed by atoms with E-state index in [0.29, 0.717) is 10.9 Å². The number of hydrogen-bond acceptors (Lipinski definition) is 4. The minimum Gasteiger partial charge on any atom is -0.343 e. The Hall–Kier alpha value is -3.64. The first-order chi connectivity index (χ1) is 15.6. The lowest BCUT2D eigenvalue weighted by Crippen LogP contribution is -2.28. The van der Waals surface area contributed by atoms with Crippen molar-refractivity contribution in [2.45, 2.75) is 6.92 Å². The number of hydrogen-bond donors (Lipinski definition) is 0. The maximum absolute atomic E-state index is 12.4. The van der Waals surface area contributed by atoms with Gasteiger partial charge in [-0.1, -0.05) is 78.0 Å². The second kappa shape index (κ2) is 8.48. The van der Waals surface area contributed by atoms with Crippen LogP contribution in [0.5, 0.6) is 0 Å². The minimum atomic E-state index is 0.0145. The molecule has 4 aromatic rings. The highest BCUT2D eigenvalue weighted by Gasteiger charge is 2.29. The van der Waals surface area contributed by atoms with Gasteiger partial charge in [-0.25, -0.2) is 0 Å². The molecule has 0 radical (unpaired) electrons. The van der Waals surface area contributed by atoms with E-state index < -0.39 is 0 Å². The van der Waals surface area contributed by atoms with Gasteiger partial charge in [-0.3, -0.25) is 9.69 Å². The number of thioether (sulfide) groups is 1. The zero-order valence-corrected chi connectivity index (χ0v) is 18.7. The highest BCUT2D eigenvalue weighted by molar-refractivity contribution is 8.15. The normalized spacial score (nSPS) is 15.5. The number of anilines is 1. The van der Waals surface area contributed by atoms with Crippen LogP contribution in [-0.2, 0) is 11.8 Å². The number of amidine groups is 1. The van der Waals surface area contributed by atoms with Crippen LogP contribution in [0.3, 0.4) is 0 Å². The Bertz CT molecular complexity index is 1350. The first-order valence-electron chi connectivity index (χ1n) is 10.4. The van der Waals surface area contributed by atoms with Crippen LogP contribution in [0.4, 0.5) is 5.69 Å². The number of carbonyl (C=O) groups excluding carboxylic acids is 1. The third kappa shape index (κ3) is 3.63. The van der Waals surface area contributed by atoms with Crippen molar-refractivity contribution in [2.75, 3.05) is 10.7 Å². The van der Waals surface area contributed by atoms with Crippen molar-refractivity contribution in [2.24, 2.45) is 17.3 Å². The largest absolute Gasteiger partial charge is 0.343 e. The number of aryl methyl sites for hydroxylation is 2. The predicted octanol–water partition coefficient (Wildman–Crippen LogP) is 5.62. The Morgan fingerprint density at radius 2 is 1.66 bits per heavy atom. The van der Waals surface area contributed by atoms with Gasteiger partial charge in [-0.15, -0.1) is 5.10 Å². The van der Waals surface area contributed by atoms with E-state index in [-0.39, 0.29) is 5.91 Å². The van der Waals surface area contributed by atoms with Gasteiger partial charge in [0, 0.05) is 23.5 Å². The molecule has 6 heteroatoms. The first kappa shape index (κ1) is 20.3. The number of benzene rings is 3. The maximum atomic E-state index is 12.4. The second-order valence-corrected chi connectivity index (χ2v) is 8.63. The van der Waals surface area contributed by atoms with E-state index in [1.165, 1.54) is 17.3 Å². The lowest BCUT2D eigenvalue weighted by atomic mass is 10.0. The van der Waals surface area contributed by atoms with E-state index in [9.17, 15) is 4.79 Å². The molecule has 0 bridgehead atoms. The summed E-state index contributed by atoms with van der Waals surface area (Å²) >= 11 is 1.41. The monoisotopic (exact) mass is 438 g/mol. The van der Waals surface area contributed by atoms with Gasteiger partial charge in [0.25, 0.3) is 0 Å². The number of aromatic nitrogens is 1. The summed E-state index contributed by atoms with van der Waals surface area (Å²) in [6.07, 6.45) is 1.80. The van der Waals surface area contributed by atoms with Crippen LogP contribution < -0.4 is 4.90 Å². The van der Waals surface area contributed by atoms with Gasteiger partial charge in [0.1, 0.15) is 0 Å². The molecule has 32 heavy (non-hydrogen) atoms. The number of amides is 1. The van der Waals surface area contributed by atoms with Crippen molar-refractivity contribution in [3.05, 3.63) is 90.0 Å². The summed E-state index contributed by atoms with van der Waals surface area (Å²) in [6.45, 7) is 2.09. The molecule has 0 atom stereocenters. The Morgan fingerprint density at radius 1 is 0.938 bits per heavy atom. The summed E-state index contributed by atoms with van der Waals surface area (Å²) in [5, 5.41) is 10.6. The van der Waals surface area contributed by atoms with Gasteiger partial charge >= 0.3 is 0 Å². The van der Waals surface area contributed by atoms with Gasteiger partial charge in [-0.2, -0.15) is 5.10 Å². The molecule has 1 aliphatic rings. The Balaban J connectivity index is 1.57. The summed E-state index contributed by atoms with van der Waals surface area (Å²) in [5.41, 5.74) is 6.38. The van der Waals surface area contributed by atoms with E-state index >= 15 is 0 Å². The maximum Gasteiger partial charge on any atom is 0.243 e. The fourth-order valence-electron chi connectivity index (χ4n) is 4.02. The summed E-state index contributed by atoms with van der Waals surface area (Å²) in [5.74, 6) is 0.382. The minimum absolute atomic E-state index is 0.0145. The van der Waals surface area contributed by atoms with E-state index in [0.717, 1.165) is 33.4 Å². The van der Waals surface area contributed by atoms with Gasteiger partial charge in [0.2, 0.25) is 5.91 Å². The standard InChI is InChI=1S/C26H22N4OS/c1-18-12-14-19(15-13-18)25-22(21-10-6-7-11-23(21)29(25)2)16-27-28-26-30(24(31)17-32-26)20-8-4-3-5-9-20/h3-16H,17H2,1-2H3/b27-16+,28-26+. The predicted molar refractivity (Wildman–Crippen MR) is 135 cm³/mol. The smallest absolute Gasteiger partial charge is 0.243 e. The quantitative estimate of drug-likeness (QED) is 0.307. The third-order valence-electron chi connectivity index (χ3n) is 5.58. The summed E-state index contributed by atoms with van der Waals surface area (Å²) in [6, 6.07) is 26.4. The fourth-order valence-corrected chi connectivity index (χ4v) is 4.84. The molecule has 0 saturated carbocycles. The molecule has 5 rings (SSSR count). The molecule has 1 fully saturated rings. The average Bonchev–Trinajstić information content (AvgIpc) is 3.32. The van der Waals surface area contributed by atoms with Crippen molar-refractivity contribution >= 4 is 45.6 Å². The molecule has 0 aliphatic carbocycles. The zero-order valence-electron chi connectivity index (χ0n) is 17.9. The van der Waals surface area contributed by atoms with E-state index in [4.69, 9.17) is 0 Å². The van der Waals surface area contributed by atoms with Gasteiger partial charge in [-0.05, 0) is 30.7 Å². The van der Waals surface area contributed by atoms with Crippen molar-refractivity contribution in [1.82, 2.24) is 4.57 Å². The van der Waals surface area contributed by atoms with Gasteiger partial charge in [0.05, 0.1) is 23.3 Å². The highest BCUT2D eigenvalue weighted by Crippen LogP contribution is 2.32. The average molecular weight is 439 g/mol. The van der Waals surface area contributed by atoms with Gasteiger partial charge < -0.3 is 4.57 Å². The Labute approximate surface area is 191 Å². The molecule has 1 saturated heterocycles. The Morgan fingerprint density at radius 3 is 2.44 bits per heavy atom. The summed E-state index contributed by atoms with van der Waals surface area (Å²) in [4.78, 5) is 14.1. The van der Waals surface area contributed by atoms with E-state index in [2.05, 4.69) is 65.1 Å². The second-order valence-electron chi connectivity index (χ2n) is 7.68. The van der Waals surface area contributed by atoms with Crippen LogP contribution in [0.15, 0.2) is 89.1 Å². The molecular formula is C26H22N4OS. The first-order valence-corrected chi connectivity index (χ1v) is 11.4. The van der Waals surface area contributed by atoms with Crippen LogP contribution in [-0.4, -0.2) is 27.6 Å². The number of nitrogens with zero attached hydrogens (tertiary/aromatic N) is 4. The van der Waals surface area contributed by atoms with Crippen LogP contribution in [0.25, 0.3) is 22.2 Å². The number of rotatable bonds is 4. The molecular weight excluding hydrogens is 416 g/mol. The molecule has 158 valence electrons. The Kier molecular flexibility index (Phi) is 5.37. The van der Waals surface area contributed by atoms with Crippen molar-refractivity contribution in [3.8, 4) is 11.3 Å². The SMILES string of the molecule is Cc1ccc(-c2c(/C=N/N=C3/SCC(=O)N3c3ccccc3)c3ccccc3n2C)cc1. The molecule has 1 amide bonds. The topological polar surface area (TPSA) is 50.0 Å². The van der Waals surface area contributed by atoms with E-state index in [1.807, 2.05) is 42.5 Å². The molecule has 1 aliphatic heterocycles. The van der Waals surface area contributed by atoms with E-state index in [1.54, 1.807) is 11.1 Å². The molecule has 3 aromatic carbocycles. The number of para-hydroxylation sites is 2. The summed E-state index contributed by atoms with van der Waals surface area (Å²) in [7, 11) is 2.07. The molecule has 5 nitrogen and oxygen atoms in total. The molecule has 2 heterocycles. The lowest BCUT2D eigenvalue weighted by molar-refractivity contribution is -0.115. The number of fused-ring (bicyclic) bond motifs is 1. The van der Waals surface area contributed by atoms with Crippen LogP contribution in [0.1, 0.15) is 11.1 Å².